The van der Waals surface area contributed by atoms with Crippen LogP contribution in [0.4, 0.5) is 29.3 Å². The second-order valence-corrected chi connectivity index (χ2v) is 6.68. The third-order valence-corrected chi connectivity index (χ3v) is 4.73. The minimum absolute atomic E-state index is 0.250. The van der Waals surface area contributed by atoms with Crippen molar-refractivity contribution in [1.82, 2.24) is 0 Å². The van der Waals surface area contributed by atoms with Crippen molar-refractivity contribution in [3.63, 3.8) is 0 Å². The fraction of sp³-hybridized carbons (Fsp3) is 0.333. The first-order valence-corrected chi connectivity index (χ1v) is 9.27. The Morgan fingerprint density at radius 2 is 1.55 bits per heavy atom. The van der Waals surface area contributed by atoms with Crippen molar-refractivity contribution in [2.45, 2.75) is 44.2 Å². The molecule has 0 heterocycles. The SMILES string of the molecule is O=C(Nc1ccc(C2CCCCC2)cc1)Nc1ccccc1C(F)(F)F.O=CO. The lowest BCUT2D eigenvalue weighted by Gasteiger charge is -2.22. The highest BCUT2D eigenvalue weighted by atomic mass is 19.4. The number of nitrogens with one attached hydrogen (secondary N) is 2. The summed E-state index contributed by atoms with van der Waals surface area (Å²) in [5.41, 5.74) is 0.656. The van der Waals surface area contributed by atoms with Gasteiger partial charge in [-0.2, -0.15) is 13.2 Å². The molecule has 0 bridgehead atoms. The van der Waals surface area contributed by atoms with Gasteiger partial charge in [-0.1, -0.05) is 43.5 Å². The predicted molar refractivity (Wildman–Crippen MR) is 105 cm³/mol. The molecular weight excluding hydrogens is 385 g/mol. The number of benzene rings is 2. The smallest absolute Gasteiger partial charge is 0.418 e. The molecule has 0 saturated heterocycles. The molecule has 0 spiro atoms. The van der Waals surface area contributed by atoms with Crippen molar-refractivity contribution in [3.05, 3.63) is 59.7 Å². The highest BCUT2D eigenvalue weighted by Gasteiger charge is 2.33. The fourth-order valence-electron chi connectivity index (χ4n) is 3.40. The Morgan fingerprint density at radius 1 is 0.966 bits per heavy atom. The number of para-hydroxylation sites is 1. The molecule has 0 unspecified atom stereocenters. The zero-order valence-corrected chi connectivity index (χ0v) is 15.7. The lowest BCUT2D eigenvalue weighted by atomic mass is 9.84. The Bertz CT molecular complexity index is 802. The summed E-state index contributed by atoms with van der Waals surface area (Å²) < 4.78 is 38.9. The summed E-state index contributed by atoms with van der Waals surface area (Å²) in [5.74, 6) is 0.560. The van der Waals surface area contributed by atoms with E-state index in [-0.39, 0.29) is 12.2 Å². The molecule has 156 valence electrons. The molecule has 0 aliphatic heterocycles. The first kappa shape index (κ1) is 22.3. The highest BCUT2D eigenvalue weighted by molar-refractivity contribution is 6.00. The number of carbonyl (C=O) groups excluding carboxylic acids is 1. The van der Waals surface area contributed by atoms with Crippen LogP contribution in [0.2, 0.25) is 0 Å². The number of hydrogen-bond donors (Lipinski definition) is 3. The third kappa shape index (κ3) is 6.81. The second-order valence-electron chi connectivity index (χ2n) is 6.68. The van der Waals surface area contributed by atoms with Crippen LogP contribution in [0.5, 0.6) is 0 Å². The van der Waals surface area contributed by atoms with E-state index in [1.54, 1.807) is 12.1 Å². The van der Waals surface area contributed by atoms with Crippen LogP contribution in [0, 0.1) is 0 Å². The topological polar surface area (TPSA) is 78.4 Å². The zero-order valence-electron chi connectivity index (χ0n) is 15.7. The first-order chi connectivity index (χ1) is 13.8. The summed E-state index contributed by atoms with van der Waals surface area (Å²) in [4.78, 5) is 20.4. The molecule has 1 saturated carbocycles. The zero-order chi connectivity index (χ0) is 21.3. The van der Waals surface area contributed by atoms with Crippen LogP contribution in [-0.4, -0.2) is 17.6 Å². The van der Waals surface area contributed by atoms with Crippen LogP contribution in [0.3, 0.4) is 0 Å². The summed E-state index contributed by atoms with van der Waals surface area (Å²) in [6, 6.07) is 11.7. The van der Waals surface area contributed by atoms with Gasteiger partial charge in [0, 0.05) is 5.69 Å². The summed E-state index contributed by atoms with van der Waals surface area (Å²) in [7, 11) is 0. The summed E-state index contributed by atoms with van der Waals surface area (Å²) >= 11 is 0. The van der Waals surface area contributed by atoms with Gasteiger partial charge in [0.15, 0.2) is 0 Å². The predicted octanol–water partition coefficient (Wildman–Crippen LogP) is 6.10. The average molecular weight is 408 g/mol. The van der Waals surface area contributed by atoms with Gasteiger partial charge in [-0.15, -0.1) is 0 Å². The van der Waals surface area contributed by atoms with E-state index in [1.807, 2.05) is 12.1 Å². The number of hydrogen-bond acceptors (Lipinski definition) is 2. The summed E-state index contributed by atoms with van der Waals surface area (Å²) in [5, 5.41) is 11.7. The van der Waals surface area contributed by atoms with Gasteiger partial charge < -0.3 is 15.7 Å². The van der Waals surface area contributed by atoms with E-state index in [2.05, 4.69) is 10.6 Å². The van der Waals surface area contributed by atoms with E-state index in [4.69, 9.17) is 9.90 Å². The maximum absolute atomic E-state index is 13.0. The molecule has 0 radical (unpaired) electrons. The lowest BCUT2D eigenvalue weighted by Crippen LogP contribution is -2.21. The largest absolute Gasteiger partial charge is 0.483 e. The summed E-state index contributed by atoms with van der Waals surface area (Å²) in [6.45, 7) is -0.250. The Balaban J connectivity index is 0.000000941. The molecular formula is C21H23F3N2O3. The van der Waals surface area contributed by atoms with Crippen molar-refractivity contribution in [3.8, 4) is 0 Å². The van der Waals surface area contributed by atoms with E-state index in [0.717, 1.165) is 6.07 Å². The maximum Gasteiger partial charge on any atom is 0.418 e. The standard InChI is InChI=1S/C20H21F3N2O.CH2O2/c21-20(22,23)17-8-4-5-9-18(17)25-19(26)24-16-12-10-15(11-13-16)14-6-2-1-3-7-14;2-1-3/h4-5,8-14H,1-3,6-7H2,(H2,24,25,26);1H,(H,2,3). The number of urea groups is 1. The van der Waals surface area contributed by atoms with Crippen molar-refractivity contribution >= 4 is 23.9 Å². The molecule has 1 aliphatic rings. The Kier molecular flexibility index (Phi) is 8.06. The first-order valence-electron chi connectivity index (χ1n) is 9.27. The Labute approximate surface area is 166 Å². The molecule has 8 heteroatoms. The molecule has 0 aromatic heterocycles. The van der Waals surface area contributed by atoms with Gasteiger partial charge in [-0.25, -0.2) is 4.79 Å². The van der Waals surface area contributed by atoms with Crippen LogP contribution < -0.4 is 10.6 Å². The minimum Gasteiger partial charge on any atom is -0.483 e. The van der Waals surface area contributed by atoms with Gasteiger partial charge in [0.05, 0.1) is 11.3 Å². The molecule has 3 rings (SSSR count). The highest BCUT2D eigenvalue weighted by Crippen LogP contribution is 2.35. The van der Waals surface area contributed by atoms with E-state index in [9.17, 15) is 18.0 Å². The normalized spacial score (nSPS) is 14.3. The van der Waals surface area contributed by atoms with Gasteiger partial charge in [-0.05, 0) is 48.6 Å². The van der Waals surface area contributed by atoms with E-state index in [0.29, 0.717) is 11.6 Å². The van der Waals surface area contributed by atoms with Crippen molar-refractivity contribution in [2.24, 2.45) is 0 Å². The molecule has 5 nitrogen and oxygen atoms in total. The number of carbonyl (C=O) groups is 2. The van der Waals surface area contributed by atoms with E-state index in [1.165, 1.54) is 55.9 Å². The van der Waals surface area contributed by atoms with Crippen LogP contribution in [0.25, 0.3) is 0 Å². The number of halogens is 3. The minimum atomic E-state index is -4.52. The van der Waals surface area contributed by atoms with Crippen LogP contribution in [-0.2, 0) is 11.0 Å². The fourth-order valence-corrected chi connectivity index (χ4v) is 3.40. The monoisotopic (exact) mass is 408 g/mol. The molecule has 2 aromatic rings. The lowest BCUT2D eigenvalue weighted by molar-refractivity contribution is -0.137. The maximum atomic E-state index is 13.0. The van der Waals surface area contributed by atoms with Crippen molar-refractivity contribution in [1.29, 1.82) is 0 Å². The Hall–Kier alpha value is -3.03. The molecule has 2 aromatic carbocycles. The third-order valence-electron chi connectivity index (χ3n) is 4.73. The molecule has 1 fully saturated rings. The van der Waals surface area contributed by atoms with Crippen LogP contribution in [0.15, 0.2) is 48.5 Å². The molecule has 2 amide bonds. The Morgan fingerprint density at radius 3 is 2.14 bits per heavy atom. The number of alkyl halides is 3. The molecule has 3 N–H and O–H groups in total. The van der Waals surface area contributed by atoms with Gasteiger partial charge in [-0.3, -0.25) is 4.79 Å². The summed E-state index contributed by atoms with van der Waals surface area (Å²) in [6.07, 6.45) is 1.61. The molecule has 29 heavy (non-hydrogen) atoms. The van der Waals surface area contributed by atoms with Gasteiger partial charge in [0.1, 0.15) is 0 Å². The number of rotatable bonds is 3. The number of amides is 2. The molecule has 1 aliphatic carbocycles. The van der Waals surface area contributed by atoms with Crippen LogP contribution in [0.1, 0.15) is 49.1 Å². The van der Waals surface area contributed by atoms with Crippen LogP contribution >= 0.6 is 0 Å². The van der Waals surface area contributed by atoms with Crippen molar-refractivity contribution in [2.75, 3.05) is 10.6 Å². The second kappa shape index (κ2) is 10.5. The molecule has 0 atom stereocenters. The van der Waals surface area contributed by atoms with Gasteiger partial charge in [0.25, 0.3) is 6.47 Å². The average Bonchev–Trinajstić information content (AvgIpc) is 2.69. The van der Waals surface area contributed by atoms with E-state index < -0.39 is 17.8 Å². The number of carboxylic acid groups (broad SMARTS) is 1. The van der Waals surface area contributed by atoms with Gasteiger partial charge >= 0.3 is 12.2 Å². The van der Waals surface area contributed by atoms with E-state index >= 15 is 0 Å². The van der Waals surface area contributed by atoms with Crippen molar-refractivity contribution < 1.29 is 27.9 Å². The quantitative estimate of drug-likeness (QED) is 0.537. The van der Waals surface area contributed by atoms with Gasteiger partial charge in [0.2, 0.25) is 0 Å². The number of anilines is 2.